The summed E-state index contributed by atoms with van der Waals surface area (Å²) in [5.74, 6) is -2.91. The summed E-state index contributed by atoms with van der Waals surface area (Å²) in [4.78, 5) is 45.3. The van der Waals surface area contributed by atoms with Gasteiger partial charge in [0.25, 0.3) is 0 Å². The minimum Gasteiger partial charge on any atom is -0.456 e. The molecule has 0 bridgehead atoms. The molecule has 130 valence electrons. The van der Waals surface area contributed by atoms with Crippen molar-refractivity contribution < 1.29 is 44.2 Å². The van der Waals surface area contributed by atoms with Crippen molar-refractivity contribution in [1.29, 1.82) is 0 Å². The largest absolute Gasteiger partial charge is 0.456 e. The van der Waals surface area contributed by atoms with Crippen molar-refractivity contribution >= 4 is 23.9 Å². The maximum absolute atomic E-state index is 11.4. The normalized spacial score (nSPS) is 30.6. The summed E-state index contributed by atoms with van der Waals surface area (Å²) < 4.78 is 33.1. The van der Waals surface area contributed by atoms with Gasteiger partial charge in [0, 0.05) is 29.1 Å². The number of hydrogen-bond acceptors (Lipinski definition) is 9. The molecule has 1 aliphatic rings. The lowest BCUT2D eigenvalue weighted by Crippen LogP contribution is -2.61. The van der Waals surface area contributed by atoms with Gasteiger partial charge in [0.05, 0.1) is 6.10 Å². The van der Waals surface area contributed by atoms with Crippen LogP contribution < -0.4 is 0 Å². The maximum atomic E-state index is 11.4. The highest BCUT2D eigenvalue weighted by atomic mass is 16.7. The molecule has 0 aromatic heterocycles. The topological polar surface area (TPSA) is 114 Å². The number of ether oxygens (including phenoxy) is 5. The monoisotopic (exact) mass is 333 g/mol. The highest BCUT2D eigenvalue weighted by Crippen LogP contribution is 2.29. The van der Waals surface area contributed by atoms with Crippen molar-refractivity contribution in [3.8, 4) is 0 Å². The summed E-state index contributed by atoms with van der Waals surface area (Å²) in [5, 5.41) is 0. The Morgan fingerprint density at radius 1 is 0.739 bits per heavy atom. The van der Waals surface area contributed by atoms with E-state index >= 15 is 0 Å². The summed E-state index contributed by atoms with van der Waals surface area (Å²) in [6.45, 7) is 4.09. The summed E-state index contributed by atoms with van der Waals surface area (Å²) >= 11 is 0. The number of carbonyl (C=O) groups is 4. The van der Waals surface area contributed by atoms with Crippen molar-refractivity contribution in [2.75, 3.05) is 0 Å². The van der Waals surface area contributed by atoms with Crippen LogP contribution in [0.25, 0.3) is 0 Å². The molecular formula is C14H20O9. The minimum absolute atomic E-state index is 0.375. The van der Waals surface area contributed by atoms with E-state index in [-0.39, 0.29) is 6.90 Å². The molecule has 0 radical (unpaired) electrons. The summed E-state index contributed by atoms with van der Waals surface area (Å²) in [7, 11) is 0. The van der Waals surface area contributed by atoms with Crippen LogP contribution in [0.3, 0.4) is 0 Å². The third-order valence-corrected chi connectivity index (χ3v) is 2.78. The number of hydrogen-bond donors (Lipinski definition) is 0. The van der Waals surface area contributed by atoms with Gasteiger partial charge in [-0.15, -0.1) is 0 Å². The van der Waals surface area contributed by atoms with Gasteiger partial charge in [-0.1, -0.05) is 0 Å². The van der Waals surface area contributed by atoms with E-state index in [9.17, 15) is 19.2 Å². The van der Waals surface area contributed by atoms with Gasteiger partial charge < -0.3 is 23.7 Å². The molecule has 1 unspecified atom stereocenters. The minimum atomic E-state index is -1.40. The Morgan fingerprint density at radius 2 is 1.17 bits per heavy atom. The predicted molar refractivity (Wildman–Crippen MR) is 72.8 cm³/mol. The molecule has 0 amide bonds. The Kier molecular flexibility index (Phi) is 5.91. The zero-order chi connectivity index (χ0) is 18.4. The first-order chi connectivity index (χ1) is 11.1. The molecule has 0 saturated carbocycles. The van der Waals surface area contributed by atoms with Crippen molar-refractivity contribution in [2.45, 2.75) is 65.3 Å². The molecule has 1 aliphatic heterocycles. The molecule has 1 saturated heterocycles. The molecular weight excluding hydrogens is 312 g/mol. The van der Waals surface area contributed by atoms with Crippen LogP contribution in [0.2, 0.25) is 0 Å². The van der Waals surface area contributed by atoms with Crippen molar-refractivity contribution in [3.05, 3.63) is 0 Å². The summed E-state index contributed by atoms with van der Waals surface area (Å²) in [5.41, 5.74) is 0. The first-order valence-corrected chi connectivity index (χ1v) is 6.79. The van der Waals surface area contributed by atoms with Crippen molar-refractivity contribution in [3.63, 3.8) is 0 Å². The highest BCUT2D eigenvalue weighted by molar-refractivity contribution is 5.69. The Morgan fingerprint density at radius 3 is 1.61 bits per heavy atom. The van der Waals surface area contributed by atoms with E-state index in [0.29, 0.717) is 0 Å². The molecule has 0 aromatic rings. The van der Waals surface area contributed by atoms with Crippen LogP contribution in [0.15, 0.2) is 0 Å². The van der Waals surface area contributed by atoms with Crippen LogP contribution in [0.5, 0.6) is 0 Å². The zero-order valence-electron chi connectivity index (χ0n) is 14.3. The third kappa shape index (κ3) is 5.51. The molecule has 0 aromatic carbocycles. The standard InChI is InChI=1S/C14H20O9/c1-6-11(20-7(2)15)12(21-8(3)16)13(22-9(4)17)14(19-6)23-10(5)18/h6,11-14H,1-5H3/t6-,11+,12+,13-,14?/m0/s1/i1D. The van der Waals surface area contributed by atoms with Gasteiger partial charge in [-0.25, -0.2) is 0 Å². The molecule has 1 rings (SSSR count). The average molecular weight is 333 g/mol. The fraction of sp³-hybridized carbons (Fsp3) is 0.714. The van der Waals surface area contributed by atoms with Gasteiger partial charge in [-0.05, 0) is 6.90 Å². The van der Waals surface area contributed by atoms with Gasteiger partial charge in [-0.2, -0.15) is 0 Å². The fourth-order valence-electron chi connectivity index (χ4n) is 2.11. The number of carbonyl (C=O) groups excluding carboxylic acids is 4. The smallest absolute Gasteiger partial charge is 0.305 e. The second kappa shape index (κ2) is 7.91. The molecule has 0 N–H and O–H groups in total. The average Bonchev–Trinajstić information content (AvgIpc) is 2.42. The Labute approximate surface area is 134 Å². The summed E-state index contributed by atoms with van der Waals surface area (Å²) in [6.07, 6.45) is -6.28. The molecule has 0 spiro atoms. The van der Waals surface area contributed by atoms with E-state index in [4.69, 9.17) is 25.1 Å². The Bertz CT molecular complexity index is 506. The van der Waals surface area contributed by atoms with Crippen LogP contribution >= 0.6 is 0 Å². The molecule has 1 heterocycles. The van der Waals surface area contributed by atoms with Crippen LogP contribution in [0.4, 0.5) is 0 Å². The van der Waals surface area contributed by atoms with Gasteiger partial charge >= 0.3 is 23.9 Å². The maximum Gasteiger partial charge on any atom is 0.305 e. The van der Waals surface area contributed by atoms with Gasteiger partial charge in [-0.3, -0.25) is 19.2 Å². The summed E-state index contributed by atoms with van der Waals surface area (Å²) in [6, 6.07) is 0. The van der Waals surface area contributed by atoms with Gasteiger partial charge in [0.1, 0.15) is 0 Å². The second-order valence-electron chi connectivity index (χ2n) is 4.87. The molecule has 1 fully saturated rings. The van der Waals surface area contributed by atoms with Crippen molar-refractivity contribution in [2.24, 2.45) is 0 Å². The molecule has 0 aliphatic carbocycles. The molecule has 9 heteroatoms. The van der Waals surface area contributed by atoms with E-state index in [0.717, 1.165) is 27.7 Å². The van der Waals surface area contributed by atoms with Crippen LogP contribution in [0.1, 0.15) is 36.0 Å². The fourth-order valence-corrected chi connectivity index (χ4v) is 2.11. The lowest BCUT2D eigenvalue weighted by molar-refractivity contribution is -0.292. The van der Waals surface area contributed by atoms with Crippen LogP contribution in [-0.2, 0) is 42.9 Å². The van der Waals surface area contributed by atoms with Crippen LogP contribution in [-0.4, -0.2) is 54.6 Å². The predicted octanol–water partition coefficient (Wildman–Crippen LogP) is 0.0894. The van der Waals surface area contributed by atoms with E-state index < -0.39 is 54.6 Å². The van der Waals surface area contributed by atoms with E-state index in [1.165, 1.54) is 0 Å². The SMILES string of the molecule is [2H]C[C@@H]1OC(OC(C)=O)[C@@H](OC(C)=O)[C@H](OC(C)=O)[C@@H]1OC(C)=O. The van der Waals surface area contributed by atoms with Crippen molar-refractivity contribution in [1.82, 2.24) is 0 Å². The highest BCUT2D eigenvalue weighted by Gasteiger charge is 2.51. The van der Waals surface area contributed by atoms with Gasteiger partial charge in [0.2, 0.25) is 12.4 Å². The van der Waals surface area contributed by atoms with Gasteiger partial charge in [0.15, 0.2) is 12.2 Å². The third-order valence-electron chi connectivity index (χ3n) is 2.78. The van der Waals surface area contributed by atoms with Crippen LogP contribution in [0, 0.1) is 0 Å². The lowest BCUT2D eigenvalue weighted by Gasteiger charge is -2.42. The van der Waals surface area contributed by atoms with E-state index in [1.54, 1.807) is 0 Å². The quantitative estimate of drug-likeness (QED) is 0.521. The first-order valence-electron chi connectivity index (χ1n) is 7.50. The number of esters is 4. The Balaban J connectivity index is 3.23. The zero-order valence-corrected chi connectivity index (χ0v) is 13.3. The first kappa shape index (κ1) is 17.2. The molecule has 5 atom stereocenters. The van der Waals surface area contributed by atoms with E-state index in [1.807, 2.05) is 0 Å². The lowest BCUT2D eigenvalue weighted by atomic mass is 9.99. The molecule has 23 heavy (non-hydrogen) atoms. The number of rotatable bonds is 4. The Hall–Kier alpha value is -2.16. The molecule has 9 nitrogen and oxygen atoms in total. The van der Waals surface area contributed by atoms with E-state index in [2.05, 4.69) is 0 Å². The second-order valence-corrected chi connectivity index (χ2v) is 4.87.